The summed E-state index contributed by atoms with van der Waals surface area (Å²) in [6.45, 7) is 3.56. The van der Waals surface area contributed by atoms with Crippen LogP contribution in [-0.4, -0.2) is 24.5 Å². The van der Waals surface area contributed by atoms with Crippen molar-refractivity contribution in [1.29, 1.82) is 0 Å². The highest BCUT2D eigenvalue weighted by molar-refractivity contribution is 9.10. The van der Waals surface area contributed by atoms with Crippen LogP contribution in [-0.2, 0) is 9.59 Å². The lowest BCUT2D eigenvalue weighted by Crippen LogP contribution is -2.49. The summed E-state index contributed by atoms with van der Waals surface area (Å²) in [5.41, 5.74) is 5.76. The highest BCUT2D eigenvalue weighted by atomic mass is 79.9. The van der Waals surface area contributed by atoms with Gasteiger partial charge in [-0.3, -0.25) is 20.4 Å². The van der Waals surface area contributed by atoms with Crippen LogP contribution in [0.3, 0.4) is 0 Å². The van der Waals surface area contributed by atoms with Crippen LogP contribution in [0.4, 0.5) is 0 Å². The number of carbonyl (C=O) groups excluding carboxylic acids is 2. The van der Waals surface area contributed by atoms with Crippen molar-refractivity contribution in [3.05, 3.63) is 58.6 Å². The van der Waals surface area contributed by atoms with Crippen LogP contribution in [0.15, 0.2) is 53.0 Å². The Kier molecular flexibility index (Phi) is 7.47. The number of hydrogen-bond acceptors (Lipinski definition) is 4. The zero-order valence-electron chi connectivity index (χ0n) is 14.6. The Labute approximate surface area is 161 Å². The quantitative estimate of drug-likeness (QED) is 0.674. The maximum absolute atomic E-state index is 12.1. The maximum Gasteiger partial charge on any atom is 0.279 e. The number of nitrogens with one attached hydrogen (secondary N) is 2. The summed E-state index contributed by atoms with van der Waals surface area (Å²) in [5.74, 6) is 0.242. The average molecular weight is 421 g/mol. The summed E-state index contributed by atoms with van der Waals surface area (Å²) in [4.78, 5) is 24.0. The first-order valence-corrected chi connectivity index (χ1v) is 8.98. The summed E-state index contributed by atoms with van der Waals surface area (Å²) < 4.78 is 11.8. The number of hydrogen-bond donors (Lipinski definition) is 2. The van der Waals surface area contributed by atoms with Crippen molar-refractivity contribution in [3.8, 4) is 11.5 Å². The second-order valence-electron chi connectivity index (χ2n) is 5.59. The number of carbonyl (C=O) groups is 2. The fourth-order valence-electron chi connectivity index (χ4n) is 2.10. The molecule has 2 rings (SSSR count). The molecule has 26 heavy (non-hydrogen) atoms. The van der Waals surface area contributed by atoms with E-state index in [9.17, 15) is 9.59 Å². The number of aryl methyl sites for hydroxylation is 1. The number of rotatable bonds is 7. The molecule has 7 heteroatoms. The summed E-state index contributed by atoms with van der Waals surface area (Å²) in [5, 5.41) is 0. The molecular weight excluding hydrogens is 400 g/mol. The van der Waals surface area contributed by atoms with Crippen LogP contribution in [0.2, 0.25) is 0 Å². The van der Waals surface area contributed by atoms with E-state index in [4.69, 9.17) is 9.47 Å². The van der Waals surface area contributed by atoms with Crippen LogP contribution in [0.25, 0.3) is 0 Å². The van der Waals surface area contributed by atoms with Gasteiger partial charge in [0.1, 0.15) is 11.5 Å². The van der Waals surface area contributed by atoms with Gasteiger partial charge in [-0.1, -0.05) is 31.2 Å². The zero-order chi connectivity index (χ0) is 18.9. The molecule has 0 spiro atoms. The summed E-state index contributed by atoms with van der Waals surface area (Å²) in [6.07, 6.45) is -0.242. The Hall–Kier alpha value is -2.54. The summed E-state index contributed by atoms with van der Waals surface area (Å²) >= 11 is 3.38. The Balaban J connectivity index is 1.79. The highest BCUT2D eigenvalue weighted by Gasteiger charge is 2.19. The Morgan fingerprint density at radius 2 is 1.85 bits per heavy atom. The molecule has 2 aromatic carbocycles. The van der Waals surface area contributed by atoms with Gasteiger partial charge in [-0.25, -0.2) is 0 Å². The lowest BCUT2D eigenvalue weighted by Gasteiger charge is -2.17. The minimum absolute atomic E-state index is 0.224. The molecule has 138 valence electrons. The number of hydrazine groups is 1. The van der Waals surface area contributed by atoms with E-state index in [0.717, 1.165) is 10.0 Å². The largest absolute Gasteiger partial charge is 0.483 e. The first kappa shape index (κ1) is 19.8. The van der Waals surface area contributed by atoms with Gasteiger partial charge in [-0.15, -0.1) is 0 Å². The molecule has 0 heterocycles. The minimum atomic E-state index is -0.704. The van der Waals surface area contributed by atoms with E-state index in [0.29, 0.717) is 17.9 Å². The van der Waals surface area contributed by atoms with Crippen LogP contribution >= 0.6 is 15.9 Å². The molecule has 0 aliphatic heterocycles. The van der Waals surface area contributed by atoms with Gasteiger partial charge in [0.15, 0.2) is 12.7 Å². The van der Waals surface area contributed by atoms with Crippen molar-refractivity contribution in [2.75, 3.05) is 6.61 Å². The van der Waals surface area contributed by atoms with Gasteiger partial charge >= 0.3 is 0 Å². The predicted octanol–water partition coefficient (Wildman–Crippen LogP) is 3.14. The van der Waals surface area contributed by atoms with Gasteiger partial charge in [-0.05, 0) is 59.1 Å². The first-order chi connectivity index (χ1) is 12.5. The van der Waals surface area contributed by atoms with Crippen molar-refractivity contribution in [3.63, 3.8) is 0 Å². The molecule has 0 aromatic heterocycles. The number of halogens is 1. The molecule has 0 radical (unpaired) electrons. The van der Waals surface area contributed by atoms with E-state index in [-0.39, 0.29) is 6.61 Å². The maximum atomic E-state index is 12.1. The number of ether oxygens (including phenoxy) is 2. The van der Waals surface area contributed by atoms with E-state index in [1.807, 2.05) is 44.2 Å². The third-order valence-corrected chi connectivity index (χ3v) is 4.08. The first-order valence-electron chi connectivity index (χ1n) is 8.19. The Morgan fingerprint density at radius 1 is 1.12 bits per heavy atom. The summed E-state index contributed by atoms with van der Waals surface area (Å²) in [7, 11) is 0. The molecule has 0 saturated carbocycles. The van der Waals surface area contributed by atoms with Crippen LogP contribution in [0.1, 0.15) is 18.9 Å². The minimum Gasteiger partial charge on any atom is -0.483 e. The van der Waals surface area contributed by atoms with E-state index >= 15 is 0 Å². The van der Waals surface area contributed by atoms with Gasteiger partial charge in [0, 0.05) is 0 Å². The molecule has 2 N–H and O–H groups in total. The second-order valence-corrected chi connectivity index (χ2v) is 6.44. The third-order valence-electron chi connectivity index (χ3n) is 3.46. The smallest absolute Gasteiger partial charge is 0.279 e. The van der Waals surface area contributed by atoms with Gasteiger partial charge in [0.2, 0.25) is 0 Å². The molecule has 1 atom stereocenters. The number of benzene rings is 2. The highest BCUT2D eigenvalue weighted by Crippen LogP contribution is 2.25. The van der Waals surface area contributed by atoms with Gasteiger partial charge in [-0.2, -0.15) is 0 Å². The van der Waals surface area contributed by atoms with Gasteiger partial charge in [0.25, 0.3) is 11.8 Å². The SMILES string of the molecule is CCC(Oc1ccccc1)C(=O)NNC(=O)COc1ccc(C)cc1Br. The van der Waals surface area contributed by atoms with Crippen LogP contribution in [0, 0.1) is 6.92 Å². The molecular formula is C19H21BrN2O4. The molecule has 0 aliphatic rings. The lowest BCUT2D eigenvalue weighted by molar-refractivity contribution is -0.134. The summed E-state index contributed by atoms with van der Waals surface area (Å²) in [6, 6.07) is 14.6. The van der Waals surface area contributed by atoms with E-state index < -0.39 is 17.9 Å². The topological polar surface area (TPSA) is 76.7 Å². The van der Waals surface area contributed by atoms with Crippen molar-refractivity contribution in [1.82, 2.24) is 10.9 Å². The molecule has 0 bridgehead atoms. The number of para-hydroxylation sites is 1. The lowest BCUT2D eigenvalue weighted by atomic mass is 10.2. The molecule has 2 amide bonds. The molecule has 0 aliphatic carbocycles. The van der Waals surface area contributed by atoms with Crippen LogP contribution in [0.5, 0.6) is 11.5 Å². The Morgan fingerprint density at radius 3 is 2.50 bits per heavy atom. The Bertz CT molecular complexity index is 752. The van der Waals surface area contributed by atoms with Crippen LogP contribution < -0.4 is 20.3 Å². The molecule has 0 fully saturated rings. The molecule has 1 unspecified atom stereocenters. The fraction of sp³-hybridized carbons (Fsp3) is 0.263. The normalized spacial score (nSPS) is 11.3. The van der Waals surface area contributed by atoms with E-state index in [1.54, 1.807) is 18.2 Å². The van der Waals surface area contributed by atoms with E-state index in [1.165, 1.54) is 0 Å². The fourth-order valence-corrected chi connectivity index (χ4v) is 2.71. The number of amides is 2. The average Bonchev–Trinajstić information content (AvgIpc) is 2.64. The molecule has 2 aromatic rings. The molecule has 0 saturated heterocycles. The second kappa shape index (κ2) is 9.82. The predicted molar refractivity (Wildman–Crippen MR) is 102 cm³/mol. The van der Waals surface area contributed by atoms with Crippen molar-refractivity contribution >= 4 is 27.7 Å². The van der Waals surface area contributed by atoms with Gasteiger partial charge < -0.3 is 9.47 Å². The third kappa shape index (κ3) is 6.07. The van der Waals surface area contributed by atoms with E-state index in [2.05, 4.69) is 26.8 Å². The van der Waals surface area contributed by atoms with Gasteiger partial charge in [0.05, 0.1) is 4.47 Å². The zero-order valence-corrected chi connectivity index (χ0v) is 16.2. The van der Waals surface area contributed by atoms with Crippen molar-refractivity contribution in [2.45, 2.75) is 26.4 Å². The monoisotopic (exact) mass is 420 g/mol. The molecule has 6 nitrogen and oxygen atoms in total. The van der Waals surface area contributed by atoms with Crippen molar-refractivity contribution in [2.24, 2.45) is 0 Å². The standard InChI is InChI=1S/C19H21BrN2O4/c1-3-16(26-14-7-5-4-6-8-14)19(24)22-21-18(23)12-25-17-10-9-13(2)11-15(17)20/h4-11,16H,3,12H2,1-2H3,(H,21,23)(H,22,24). The van der Waals surface area contributed by atoms with Crippen molar-refractivity contribution < 1.29 is 19.1 Å².